The number of hydrogen-bond donors (Lipinski definition) is 2. The molecular formula is C20H28N4O2S. The Labute approximate surface area is 164 Å². The van der Waals surface area contributed by atoms with Crippen LogP contribution in [0.25, 0.3) is 10.6 Å². The lowest BCUT2D eigenvalue weighted by molar-refractivity contribution is 0.0947. The fourth-order valence-corrected chi connectivity index (χ4v) is 3.79. The molecule has 0 unspecified atom stereocenters. The molecule has 0 saturated carbocycles. The first kappa shape index (κ1) is 19.8. The summed E-state index contributed by atoms with van der Waals surface area (Å²) in [6.45, 7) is 9.99. The van der Waals surface area contributed by atoms with E-state index in [1.165, 1.54) is 11.3 Å². The van der Waals surface area contributed by atoms with Crippen molar-refractivity contribution in [3.05, 3.63) is 35.3 Å². The molecule has 1 amide bonds. The summed E-state index contributed by atoms with van der Waals surface area (Å²) in [4.78, 5) is 19.2. The maximum atomic E-state index is 12.3. The zero-order valence-electron chi connectivity index (χ0n) is 16.0. The topological polar surface area (TPSA) is 66.5 Å². The zero-order valence-corrected chi connectivity index (χ0v) is 16.8. The first-order chi connectivity index (χ1) is 13.1. The molecule has 2 heterocycles. The largest absolute Gasteiger partial charge is 0.491 e. The van der Waals surface area contributed by atoms with Gasteiger partial charge in [0.05, 0.1) is 6.10 Å². The minimum Gasteiger partial charge on any atom is -0.491 e. The van der Waals surface area contributed by atoms with Crippen molar-refractivity contribution in [3.63, 3.8) is 0 Å². The lowest BCUT2D eigenvalue weighted by atomic mass is 10.2. The number of nitrogens with zero attached hydrogens (tertiary/aromatic N) is 2. The number of nitrogens with one attached hydrogen (secondary N) is 2. The zero-order chi connectivity index (χ0) is 19.1. The highest BCUT2D eigenvalue weighted by Gasteiger charge is 2.13. The molecule has 0 bridgehead atoms. The van der Waals surface area contributed by atoms with E-state index in [9.17, 15) is 4.79 Å². The van der Waals surface area contributed by atoms with Crippen LogP contribution in [0.4, 0.5) is 0 Å². The maximum absolute atomic E-state index is 12.3. The van der Waals surface area contributed by atoms with Crippen molar-refractivity contribution in [1.82, 2.24) is 20.5 Å². The fourth-order valence-electron chi connectivity index (χ4n) is 2.99. The Morgan fingerprint density at radius 1 is 1.30 bits per heavy atom. The highest BCUT2D eigenvalue weighted by Crippen LogP contribution is 2.26. The van der Waals surface area contributed by atoms with E-state index in [1.54, 1.807) is 0 Å². The van der Waals surface area contributed by atoms with Gasteiger partial charge in [0.1, 0.15) is 16.5 Å². The SMILES string of the molecule is CC(C)Oc1ccc(-c2nc(C(=O)NCCCN3CCNCC3)cs2)cc1. The van der Waals surface area contributed by atoms with Crippen molar-refractivity contribution in [3.8, 4) is 16.3 Å². The van der Waals surface area contributed by atoms with E-state index in [1.807, 2.05) is 43.5 Å². The van der Waals surface area contributed by atoms with Crippen molar-refractivity contribution in [2.24, 2.45) is 0 Å². The van der Waals surface area contributed by atoms with Gasteiger partial charge in [0.15, 0.2) is 0 Å². The molecule has 0 spiro atoms. The molecule has 2 aromatic rings. The van der Waals surface area contributed by atoms with Crippen molar-refractivity contribution in [2.75, 3.05) is 39.3 Å². The van der Waals surface area contributed by atoms with Crippen LogP contribution in [0.15, 0.2) is 29.6 Å². The third kappa shape index (κ3) is 6.02. The number of ether oxygens (including phenoxy) is 1. The second kappa shape index (κ2) is 9.82. The van der Waals surface area contributed by atoms with E-state index in [4.69, 9.17) is 4.74 Å². The number of rotatable bonds is 8. The molecule has 0 radical (unpaired) electrons. The highest BCUT2D eigenvalue weighted by atomic mass is 32.1. The summed E-state index contributed by atoms with van der Waals surface area (Å²) in [6.07, 6.45) is 1.11. The van der Waals surface area contributed by atoms with Crippen LogP contribution in [-0.4, -0.2) is 61.2 Å². The van der Waals surface area contributed by atoms with Crippen LogP contribution in [0.3, 0.4) is 0 Å². The van der Waals surface area contributed by atoms with Gasteiger partial charge in [0, 0.05) is 43.7 Å². The number of carbonyl (C=O) groups is 1. The van der Waals surface area contributed by atoms with Gasteiger partial charge in [-0.25, -0.2) is 4.98 Å². The molecule has 1 aromatic heterocycles. The Morgan fingerprint density at radius 3 is 2.74 bits per heavy atom. The molecule has 1 fully saturated rings. The minimum absolute atomic E-state index is 0.0995. The Hall–Kier alpha value is -1.96. The number of aromatic nitrogens is 1. The number of piperazine rings is 1. The summed E-state index contributed by atoms with van der Waals surface area (Å²) in [5.74, 6) is 0.741. The molecule has 1 aliphatic heterocycles. The van der Waals surface area contributed by atoms with Gasteiger partial charge in [-0.2, -0.15) is 0 Å². The van der Waals surface area contributed by atoms with Crippen molar-refractivity contribution < 1.29 is 9.53 Å². The molecule has 1 aliphatic rings. The van der Waals surface area contributed by atoms with E-state index < -0.39 is 0 Å². The van der Waals surface area contributed by atoms with Gasteiger partial charge in [0.25, 0.3) is 5.91 Å². The van der Waals surface area contributed by atoms with Gasteiger partial charge in [-0.1, -0.05) is 0 Å². The van der Waals surface area contributed by atoms with E-state index >= 15 is 0 Å². The second-order valence-corrected chi connectivity index (χ2v) is 7.79. The average Bonchev–Trinajstić information content (AvgIpc) is 3.16. The summed E-state index contributed by atoms with van der Waals surface area (Å²) in [7, 11) is 0. The molecule has 2 N–H and O–H groups in total. The fraction of sp³-hybridized carbons (Fsp3) is 0.500. The summed E-state index contributed by atoms with van der Waals surface area (Å²) < 4.78 is 5.66. The number of hydrogen-bond acceptors (Lipinski definition) is 6. The first-order valence-electron chi connectivity index (χ1n) is 9.56. The van der Waals surface area contributed by atoms with Gasteiger partial charge >= 0.3 is 0 Å². The molecule has 3 rings (SSSR count). The molecule has 1 saturated heterocycles. The quantitative estimate of drug-likeness (QED) is 0.681. The summed E-state index contributed by atoms with van der Waals surface area (Å²) >= 11 is 1.48. The maximum Gasteiger partial charge on any atom is 0.270 e. The number of thiazole rings is 1. The Kier molecular flexibility index (Phi) is 7.20. The van der Waals surface area contributed by atoms with Gasteiger partial charge in [-0.05, 0) is 51.1 Å². The van der Waals surface area contributed by atoms with Crippen LogP contribution >= 0.6 is 11.3 Å². The van der Waals surface area contributed by atoms with E-state index in [0.29, 0.717) is 12.2 Å². The molecule has 0 atom stereocenters. The van der Waals surface area contributed by atoms with Crippen LogP contribution in [0, 0.1) is 0 Å². The van der Waals surface area contributed by atoms with E-state index in [-0.39, 0.29) is 12.0 Å². The molecule has 1 aromatic carbocycles. The van der Waals surface area contributed by atoms with Gasteiger partial charge < -0.3 is 20.3 Å². The second-order valence-electron chi connectivity index (χ2n) is 6.93. The predicted octanol–water partition coefficient (Wildman–Crippen LogP) is 2.62. The summed E-state index contributed by atoms with van der Waals surface area (Å²) in [5.41, 5.74) is 1.48. The Balaban J connectivity index is 1.47. The number of carbonyl (C=O) groups excluding carboxylic acids is 1. The summed E-state index contributed by atoms with van der Waals surface area (Å²) in [5, 5.41) is 8.99. The number of amides is 1. The van der Waals surface area contributed by atoms with Crippen molar-refractivity contribution in [2.45, 2.75) is 26.4 Å². The minimum atomic E-state index is -0.0995. The molecule has 7 heteroatoms. The number of benzene rings is 1. The Morgan fingerprint density at radius 2 is 2.04 bits per heavy atom. The smallest absolute Gasteiger partial charge is 0.270 e. The summed E-state index contributed by atoms with van der Waals surface area (Å²) in [6, 6.07) is 7.83. The standard InChI is InChI=1S/C20H28N4O2S/c1-15(2)26-17-6-4-16(5-7-17)20-23-18(14-27-20)19(25)22-8-3-11-24-12-9-21-10-13-24/h4-7,14-15,21H,3,8-13H2,1-2H3,(H,22,25). The molecule has 146 valence electrons. The lowest BCUT2D eigenvalue weighted by Gasteiger charge is -2.26. The van der Waals surface area contributed by atoms with Crippen LogP contribution in [0.1, 0.15) is 30.8 Å². The van der Waals surface area contributed by atoms with Crippen LogP contribution in [-0.2, 0) is 0 Å². The predicted molar refractivity (Wildman–Crippen MR) is 110 cm³/mol. The monoisotopic (exact) mass is 388 g/mol. The van der Waals surface area contributed by atoms with Gasteiger partial charge in [-0.3, -0.25) is 4.79 Å². The molecule has 27 heavy (non-hydrogen) atoms. The van der Waals surface area contributed by atoms with Gasteiger partial charge in [-0.15, -0.1) is 11.3 Å². The molecular weight excluding hydrogens is 360 g/mol. The van der Waals surface area contributed by atoms with E-state index in [0.717, 1.165) is 55.5 Å². The Bertz CT molecular complexity index is 724. The first-order valence-corrected chi connectivity index (χ1v) is 10.4. The van der Waals surface area contributed by atoms with Crippen LogP contribution in [0.5, 0.6) is 5.75 Å². The normalized spacial score (nSPS) is 15.1. The highest BCUT2D eigenvalue weighted by molar-refractivity contribution is 7.13. The molecule has 0 aliphatic carbocycles. The van der Waals surface area contributed by atoms with Crippen LogP contribution < -0.4 is 15.4 Å². The molecule has 6 nitrogen and oxygen atoms in total. The third-order valence-corrected chi connectivity index (χ3v) is 5.25. The van der Waals surface area contributed by atoms with Gasteiger partial charge in [0.2, 0.25) is 0 Å². The third-order valence-electron chi connectivity index (χ3n) is 4.36. The average molecular weight is 389 g/mol. The van der Waals surface area contributed by atoms with Crippen molar-refractivity contribution in [1.29, 1.82) is 0 Å². The van der Waals surface area contributed by atoms with Crippen molar-refractivity contribution >= 4 is 17.2 Å². The van der Waals surface area contributed by atoms with E-state index in [2.05, 4.69) is 20.5 Å². The van der Waals surface area contributed by atoms with Crippen LogP contribution in [0.2, 0.25) is 0 Å². The lowest BCUT2D eigenvalue weighted by Crippen LogP contribution is -2.44.